The molecule has 2 bridgehead atoms. The highest BCUT2D eigenvalue weighted by Crippen LogP contribution is 2.73. The first-order valence-electron chi connectivity index (χ1n) is 14.9. The molecule has 3 saturated carbocycles. The predicted molar refractivity (Wildman–Crippen MR) is 134 cm³/mol. The molecule has 0 aromatic carbocycles. The van der Waals surface area contributed by atoms with Crippen LogP contribution in [0.15, 0.2) is 0 Å². The maximum absolute atomic E-state index is 12.7. The van der Waals surface area contributed by atoms with E-state index in [0.717, 1.165) is 32.1 Å². The smallest absolute Gasteiger partial charge is 0.311 e. The van der Waals surface area contributed by atoms with E-state index >= 15 is 0 Å². The summed E-state index contributed by atoms with van der Waals surface area (Å²) in [6, 6.07) is 0. The second-order valence-electron chi connectivity index (χ2n) is 15.1. The van der Waals surface area contributed by atoms with E-state index < -0.39 is 23.1 Å². The Balaban J connectivity index is 1.28. The molecule has 38 heavy (non-hydrogen) atoms. The van der Waals surface area contributed by atoms with Crippen molar-refractivity contribution in [3.05, 3.63) is 0 Å². The van der Waals surface area contributed by atoms with Crippen LogP contribution in [-0.2, 0) is 33.6 Å². The summed E-state index contributed by atoms with van der Waals surface area (Å²) in [6.45, 7) is 13.0. The number of hydrogen-bond donors (Lipinski definition) is 1. The quantitative estimate of drug-likeness (QED) is 0.364. The normalized spacial score (nSPS) is 58.7. The highest BCUT2D eigenvalue weighted by molar-refractivity contribution is 5.74. The molecular weight excluding hydrogens is 488 g/mol. The van der Waals surface area contributed by atoms with Crippen molar-refractivity contribution in [1.82, 2.24) is 0 Å². The fraction of sp³-hybridized carbons (Fsp3) is 0.933. The van der Waals surface area contributed by atoms with Gasteiger partial charge >= 0.3 is 11.9 Å². The van der Waals surface area contributed by atoms with Crippen molar-refractivity contribution in [3.63, 3.8) is 0 Å². The van der Waals surface area contributed by atoms with Crippen LogP contribution in [0.3, 0.4) is 0 Å². The van der Waals surface area contributed by atoms with E-state index in [9.17, 15) is 14.7 Å². The number of hydrogen-bond acceptors (Lipinski definition) is 8. The molecule has 8 heteroatoms. The molecule has 1 N–H and O–H groups in total. The molecule has 3 aliphatic carbocycles. The van der Waals surface area contributed by atoms with Crippen LogP contribution in [0.2, 0.25) is 0 Å². The predicted octanol–water partition coefficient (Wildman–Crippen LogP) is 4.32. The lowest BCUT2D eigenvalue weighted by molar-refractivity contribution is -0.382. The van der Waals surface area contributed by atoms with E-state index in [0.29, 0.717) is 30.6 Å². The molecule has 0 radical (unpaired) electrons. The summed E-state index contributed by atoms with van der Waals surface area (Å²) < 4.78 is 18.6. The van der Waals surface area contributed by atoms with Gasteiger partial charge in [0, 0.05) is 18.8 Å². The minimum atomic E-state index is -1.19. The summed E-state index contributed by atoms with van der Waals surface area (Å²) in [4.78, 5) is 37.4. The molecule has 212 valence electrons. The highest BCUT2D eigenvalue weighted by atomic mass is 17.2. The van der Waals surface area contributed by atoms with Gasteiger partial charge in [0.2, 0.25) is 5.79 Å². The molecule has 7 fully saturated rings. The van der Waals surface area contributed by atoms with Crippen LogP contribution >= 0.6 is 0 Å². The van der Waals surface area contributed by atoms with Crippen molar-refractivity contribution < 1.29 is 38.7 Å². The number of esters is 2. The van der Waals surface area contributed by atoms with Crippen molar-refractivity contribution in [2.75, 3.05) is 0 Å². The molecule has 4 aliphatic heterocycles. The summed E-state index contributed by atoms with van der Waals surface area (Å²) in [6.07, 6.45) is 4.47. The molecule has 7 rings (SSSR count). The lowest BCUT2D eigenvalue weighted by Gasteiger charge is -2.58. The van der Waals surface area contributed by atoms with Crippen LogP contribution in [0, 0.1) is 46.3 Å². The average molecular weight is 533 g/mol. The fourth-order valence-corrected chi connectivity index (χ4v) is 11.3. The largest absolute Gasteiger partial charge is 0.459 e. The molecular formula is C30H44O8. The molecule has 8 nitrogen and oxygen atoms in total. The average Bonchev–Trinajstić information content (AvgIpc) is 3.00. The van der Waals surface area contributed by atoms with Gasteiger partial charge in [0.05, 0.1) is 24.5 Å². The summed E-state index contributed by atoms with van der Waals surface area (Å²) in [5, 5.41) is 12.3. The van der Waals surface area contributed by atoms with Crippen molar-refractivity contribution in [2.24, 2.45) is 46.3 Å². The number of carbonyl (C=O) groups excluding carboxylic acids is 2. The molecule has 0 aromatic rings. The number of ether oxygens (including phenoxy) is 3. The van der Waals surface area contributed by atoms with Crippen LogP contribution in [0.4, 0.5) is 0 Å². The van der Waals surface area contributed by atoms with Crippen molar-refractivity contribution in [3.8, 4) is 0 Å². The maximum Gasteiger partial charge on any atom is 0.311 e. The van der Waals surface area contributed by atoms with E-state index in [-0.39, 0.29) is 59.2 Å². The molecule has 7 aliphatic rings. The van der Waals surface area contributed by atoms with E-state index in [2.05, 4.69) is 20.8 Å². The third kappa shape index (κ3) is 3.18. The highest BCUT2D eigenvalue weighted by Gasteiger charge is 2.73. The van der Waals surface area contributed by atoms with Crippen molar-refractivity contribution in [1.29, 1.82) is 0 Å². The fourth-order valence-electron chi connectivity index (χ4n) is 11.3. The van der Waals surface area contributed by atoms with Crippen molar-refractivity contribution in [2.45, 2.75) is 128 Å². The van der Waals surface area contributed by atoms with Crippen molar-refractivity contribution >= 4 is 11.9 Å². The van der Waals surface area contributed by atoms with Gasteiger partial charge in [0.1, 0.15) is 17.3 Å². The summed E-state index contributed by atoms with van der Waals surface area (Å²) in [7, 11) is 0. The Kier molecular flexibility index (Phi) is 5.24. The Morgan fingerprint density at radius 3 is 2.29 bits per heavy atom. The summed E-state index contributed by atoms with van der Waals surface area (Å²) in [5.74, 6) is -0.595. The molecule has 4 saturated heterocycles. The van der Waals surface area contributed by atoms with Crippen LogP contribution in [0.1, 0.15) is 92.9 Å². The first-order chi connectivity index (χ1) is 17.7. The van der Waals surface area contributed by atoms with Crippen LogP contribution in [-0.4, -0.2) is 52.3 Å². The second-order valence-corrected chi connectivity index (χ2v) is 15.1. The third-order valence-electron chi connectivity index (χ3n) is 12.8. The Labute approximate surface area is 225 Å². The second kappa shape index (κ2) is 7.74. The third-order valence-corrected chi connectivity index (χ3v) is 12.8. The van der Waals surface area contributed by atoms with Crippen LogP contribution in [0.25, 0.3) is 0 Å². The van der Waals surface area contributed by atoms with Crippen LogP contribution in [0.5, 0.6) is 0 Å². The van der Waals surface area contributed by atoms with E-state index in [1.54, 1.807) is 0 Å². The minimum Gasteiger partial charge on any atom is -0.459 e. The van der Waals surface area contributed by atoms with Gasteiger partial charge in [0.15, 0.2) is 0 Å². The topological polar surface area (TPSA) is 101 Å². The first-order valence-corrected chi connectivity index (χ1v) is 14.9. The Morgan fingerprint density at radius 1 is 0.842 bits per heavy atom. The molecule has 0 aromatic heterocycles. The van der Waals surface area contributed by atoms with Gasteiger partial charge in [0.25, 0.3) is 0 Å². The van der Waals surface area contributed by atoms with Gasteiger partial charge in [-0.1, -0.05) is 27.7 Å². The summed E-state index contributed by atoms with van der Waals surface area (Å²) in [5.41, 5.74) is -2.09. The molecule has 0 amide bonds. The zero-order chi connectivity index (χ0) is 27.0. The van der Waals surface area contributed by atoms with Gasteiger partial charge in [-0.05, 0) is 80.5 Å². The number of aliphatic hydroxyl groups is 1. The van der Waals surface area contributed by atoms with E-state index in [4.69, 9.17) is 24.0 Å². The maximum atomic E-state index is 12.7. The van der Waals surface area contributed by atoms with Crippen LogP contribution < -0.4 is 0 Å². The zero-order valence-corrected chi connectivity index (χ0v) is 23.7. The molecule has 1 spiro atoms. The number of fused-ring (bicyclic) bond motifs is 4. The van der Waals surface area contributed by atoms with Gasteiger partial charge in [-0.25, -0.2) is 9.78 Å². The summed E-state index contributed by atoms with van der Waals surface area (Å²) >= 11 is 0. The van der Waals surface area contributed by atoms with E-state index in [1.165, 1.54) is 0 Å². The lowest BCUT2D eigenvalue weighted by Crippen LogP contribution is -2.57. The first kappa shape index (κ1) is 25.7. The molecule has 4 heterocycles. The monoisotopic (exact) mass is 532 g/mol. The lowest BCUT2D eigenvalue weighted by atomic mass is 9.47. The number of carbonyl (C=O) groups is 2. The number of cyclic esters (lactones) is 1. The SMILES string of the molecule is C[C@@H]1C[C@]2(C[C@@H](C)[C@H]3[C@@H](C[C@@]4(C)[C@@H]5CC[C@@H]6C(C)(C)OC(=O)C[C@H]7OO[C@@H](C[C@@]34C)[C@H]5C[C@@]67O)O2)OC1=O. The van der Waals surface area contributed by atoms with Gasteiger partial charge < -0.3 is 19.3 Å². The Morgan fingerprint density at radius 2 is 1.58 bits per heavy atom. The Hall–Kier alpha value is -1.22. The Bertz CT molecular complexity index is 1060. The minimum absolute atomic E-state index is 0.00384. The van der Waals surface area contributed by atoms with Gasteiger partial charge in [-0.15, -0.1) is 0 Å². The molecule has 13 atom stereocenters. The standard InChI is InChI=1S/C30H44O8/c1-15-10-29(11-16(2)25(32)36-29)34-20-14-27(5)18-7-8-21-26(3,4)35-23(31)9-22-30(21,33)12-17(18)19(37-38-22)13-28(27,6)24(15)20/h15-22,24,33H,7-14H2,1-6H3/t15-,16-,17+,18-,19+,20-,21-,22-,24+,27+,28+,29+,30-/m1/s1. The van der Waals surface area contributed by atoms with E-state index in [1.807, 2.05) is 20.8 Å². The van der Waals surface area contributed by atoms with Gasteiger partial charge in [-0.3, -0.25) is 9.59 Å². The number of rotatable bonds is 0. The van der Waals surface area contributed by atoms with Gasteiger partial charge in [-0.2, -0.15) is 0 Å². The molecule has 0 unspecified atom stereocenters. The zero-order valence-electron chi connectivity index (χ0n) is 23.7.